The fraction of sp³-hybridized carbons (Fsp3) is 0.278. The maximum atomic E-state index is 12.1. The van der Waals surface area contributed by atoms with Crippen LogP contribution in [0.2, 0.25) is 0 Å². The van der Waals surface area contributed by atoms with E-state index in [9.17, 15) is 9.59 Å². The zero-order valence-corrected chi connectivity index (χ0v) is 13.2. The summed E-state index contributed by atoms with van der Waals surface area (Å²) in [6.07, 6.45) is 4.49. The van der Waals surface area contributed by atoms with Crippen LogP contribution in [-0.4, -0.2) is 29.5 Å². The van der Waals surface area contributed by atoms with E-state index >= 15 is 0 Å². The molecular formula is C18H19N3O3. The average molecular weight is 325 g/mol. The van der Waals surface area contributed by atoms with Crippen LogP contribution in [0.5, 0.6) is 0 Å². The van der Waals surface area contributed by atoms with Crippen molar-refractivity contribution >= 4 is 17.5 Å². The highest BCUT2D eigenvalue weighted by Gasteiger charge is 2.22. The Morgan fingerprint density at radius 3 is 2.92 bits per heavy atom. The summed E-state index contributed by atoms with van der Waals surface area (Å²) >= 11 is 0. The Balaban J connectivity index is 1.57. The second-order valence-electron chi connectivity index (χ2n) is 5.62. The van der Waals surface area contributed by atoms with E-state index in [1.54, 1.807) is 24.4 Å². The van der Waals surface area contributed by atoms with E-state index in [0.717, 1.165) is 18.4 Å². The topological polar surface area (TPSA) is 80.3 Å². The molecular weight excluding hydrogens is 306 g/mol. The maximum absolute atomic E-state index is 12.1. The van der Waals surface area contributed by atoms with Crippen molar-refractivity contribution in [1.29, 1.82) is 0 Å². The number of rotatable bonds is 5. The molecule has 2 aromatic rings. The molecule has 0 saturated carbocycles. The lowest BCUT2D eigenvalue weighted by Gasteiger charge is -2.11. The largest absolute Gasteiger partial charge is 0.368 e. The Kier molecular flexibility index (Phi) is 5.18. The minimum Gasteiger partial charge on any atom is -0.368 e. The lowest BCUT2D eigenvalue weighted by molar-refractivity contribution is -0.130. The zero-order chi connectivity index (χ0) is 16.8. The van der Waals surface area contributed by atoms with E-state index in [1.165, 1.54) is 6.20 Å². The van der Waals surface area contributed by atoms with Crippen molar-refractivity contribution in [3.05, 3.63) is 59.9 Å². The van der Waals surface area contributed by atoms with Gasteiger partial charge in [0.05, 0.1) is 5.56 Å². The van der Waals surface area contributed by atoms with Gasteiger partial charge in [0.2, 0.25) is 5.91 Å². The molecule has 1 aliphatic rings. The van der Waals surface area contributed by atoms with Gasteiger partial charge in [-0.05, 0) is 42.7 Å². The summed E-state index contributed by atoms with van der Waals surface area (Å²) in [6, 6.07) is 10.8. The predicted octanol–water partition coefficient (Wildman–Crippen LogP) is 2.13. The van der Waals surface area contributed by atoms with E-state index in [2.05, 4.69) is 15.6 Å². The first-order chi connectivity index (χ1) is 11.7. The summed E-state index contributed by atoms with van der Waals surface area (Å²) in [4.78, 5) is 28.0. The van der Waals surface area contributed by atoms with Crippen molar-refractivity contribution < 1.29 is 14.3 Å². The van der Waals surface area contributed by atoms with Crippen LogP contribution in [0.25, 0.3) is 0 Å². The quantitative estimate of drug-likeness (QED) is 0.882. The molecule has 3 rings (SSSR count). The number of hydrogen-bond acceptors (Lipinski definition) is 4. The van der Waals surface area contributed by atoms with Gasteiger partial charge in [-0.15, -0.1) is 0 Å². The van der Waals surface area contributed by atoms with E-state index in [1.807, 2.05) is 18.2 Å². The number of hydrogen-bond donors (Lipinski definition) is 2. The number of ether oxygens (including phenoxy) is 1. The standard InChI is InChI=1S/C18H19N3O3/c22-17(14-5-2-8-19-12-14)21-15-6-1-4-13(10-15)11-20-18(23)16-7-3-9-24-16/h1-2,4-6,8,10,12,16H,3,7,9,11H2,(H,20,23)(H,21,22). The van der Waals surface area contributed by atoms with E-state index in [4.69, 9.17) is 4.74 Å². The van der Waals surface area contributed by atoms with Gasteiger partial charge < -0.3 is 15.4 Å². The number of benzene rings is 1. The third-order valence-corrected chi connectivity index (χ3v) is 3.80. The minimum atomic E-state index is -0.335. The first kappa shape index (κ1) is 16.1. The summed E-state index contributed by atoms with van der Waals surface area (Å²) in [5, 5.41) is 5.69. The molecule has 0 radical (unpaired) electrons. The van der Waals surface area contributed by atoms with Crippen molar-refractivity contribution in [3.8, 4) is 0 Å². The molecule has 1 aromatic carbocycles. The highest BCUT2D eigenvalue weighted by Crippen LogP contribution is 2.14. The third kappa shape index (κ3) is 4.17. The number of aromatic nitrogens is 1. The van der Waals surface area contributed by atoms with Crippen molar-refractivity contribution in [2.75, 3.05) is 11.9 Å². The lowest BCUT2D eigenvalue weighted by atomic mass is 10.1. The first-order valence-electron chi connectivity index (χ1n) is 7.92. The lowest BCUT2D eigenvalue weighted by Crippen LogP contribution is -2.33. The number of pyridine rings is 1. The Hall–Kier alpha value is -2.73. The van der Waals surface area contributed by atoms with Crippen LogP contribution >= 0.6 is 0 Å². The summed E-state index contributed by atoms with van der Waals surface area (Å²) in [7, 11) is 0. The first-order valence-corrected chi connectivity index (χ1v) is 7.92. The van der Waals surface area contributed by atoms with E-state index in [-0.39, 0.29) is 17.9 Å². The third-order valence-electron chi connectivity index (χ3n) is 3.80. The Morgan fingerprint density at radius 1 is 1.25 bits per heavy atom. The Morgan fingerprint density at radius 2 is 2.17 bits per heavy atom. The van der Waals surface area contributed by atoms with Crippen molar-refractivity contribution in [2.45, 2.75) is 25.5 Å². The molecule has 1 aliphatic heterocycles. The molecule has 1 aromatic heterocycles. The summed E-state index contributed by atoms with van der Waals surface area (Å²) in [6.45, 7) is 1.04. The SMILES string of the molecule is O=C(Nc1cccc(CNC(=O)C2CCCO2)c1)c1cccnc1. The average Bonchev–Trinajstić information content (AvgIpc) is 3.15. The van der Waals surface area contributed by atoms with Gasteiger partial charge in [-0.3, -0.25) is 14.6 Å². The van der Waals surface area contributed by atoms with E-state index in [0.29, 0.717) is 24.4 Å². The smallest absolute Gasteiger partial charge is 0.257 e. The van der Waals surface area contributed by atoms with Gasteiger partial charge in [0.15, 0.2) is 0 Å². The molecule has 0 aliphatic carbocycles. The van der Waals surface area contributed by atoms with Crippen LogP contribution in [-0.2, 0) is 16.1 Å². The summed E-state index contributed by atoms with van der Waals surface area (Å²) in [5.74, 6) is -0.305. The van der Waals surface area contributed by atoms with Crippen molar-refractivity contribution in [1.82, 2.24) is 10.3 Å². The van der Waals surface area contributed by atoms with Crippen LogP contribution in [0.3, 0.4) is 0 Å². The van der Waals surface area contributed by atoms with Crippen LogP contribution in [0.15, 0.2) is 48.8 Å². The summed E-state index contributed by atoms with van der Waals surface area (Å²) < 4.78 is 5.35. The van der Waals surface area contributed by atoms with Gasteiger partial charge in [-0.1, -0.05) is 12.1 Å². The fourth-order valence-electron chi connectivity index (χ4n) is 2.55. The molecule has 2 amide bonds. The molecule has 1 fully saturated rings. The van der Waals surface area contributed by atoms with Gasteiger partial charge in [-0.25, -0.2) is 0 Å². The van der Waals surface area contributed by atoms with Crippen LogP contribution in [0.4, 0.5) is 5.69 Å². The van der Waals surface area contributed by atoms with Crippen LogP contribution in [0.1, 0.15) is 28.8 Å². The zero-order valence-electron chi connectivity index (χ0n) is 13.2. The number of anilines is 1. The number of nitrogens with zero attached hydrogens (tertiary/aromatic N) is 1. The molecule has 0 spiro atoms. The Labute approximate surface area is 140 Å². The fourth-order valence-corrected chi connectivity index (χ4v) is 2.55. The van der Waals surface area contributed by atoms with Crippen molar-refractivity contribution in [3.63, 3.8) is 0 Å². The molecule has 6 heteroatoms. The summed E-state index contributed by atoms with van der Waals surface area (Å²) in [5.41, 5.74) is 2.08. The molecule has 6 nitrogen and oxygen atoms in total. The minimum absolute atomic E-state index is 0.0858. The highest BCUT2D eigenvalue weighted by atomic mass is 16.5. The molecule has 1 saturated heterocycles. The maximum Gasteiger partial charge on any atom is 0.257 e. The number of carbonyl (C=O) groups excluding carboxylic acids is 2. The number of nitrogens with one attached hydrogen (secondary N) is 2. The van der Waals surface area contributed by atoms with Gasteiger partial charge >= 0.3 is 0 Å². The predicted molar refractivity (Wildman–Crippen MR) is 89.5 cm³/mol. The Bertz CT molecular complexity index is 712. The van der Waals surface area contributed by atoms with Gasteiger partial charge in [-0.2, -0.15) is 0 Å². The normalized spacial score (nSPS) is 16.6. The van der Waals surface area contributed by atoms with Crippen LogP contribution in [0, 0.1) is 0 Å². The molecule has 24 heavy (non-hydrogen) atoms. The molecule has 2 N–H and O–H groups in total. The second-order valence-corrected chi connectivity index (χ2v) is 5.62. The van der Waals surface area contributed by atoms with Crippen LogP contribution < -0.4 is 10.6 Å². The van der Waals surface area contributed by atoms with E-state index < -0.39 is 0 Å². The highest BCUT2D eigenvalue weighted by molar-refractivity contribution is 6.04. The molecule has 1 unspecified atom stereocenters. The van der Waals surface area contributed by atoms with Crippen molar-refractivity contribution in [2.24, 2.45) is 0 Å². The number of amides is 2. The second kappa shape index (κ2) is 7.70. The number of carbonyl (C=O) groups is 2. The van der Waals surface area contributed by atoms with Gasteiger partial charge in [0.1, 0.15) is 6.10 Å². The monoisotopic (exact) mass is 325 g/mol. The van der Waals surface area contributed by atoms with Gasteiger partial charge in [0.25, 0.3) is 5.91 Å². The van der Waals surface area contributed by atoms with Gasteiger partial charge in [0, 0.05) is 31.2 Å². The molecule has 2 heterocycles. The molecule has 0 bridgehead atoms. The molecule has 1 atom stereocenters. The molecule has 124 valence electrons.